The van der Waals surface area contributed by atoms with Crippen molar-refractivity contribution in [2.24, 2.45) is 0 Å². The summed E-state index contributed by atoms with van der Waals surface area (Å²) in [5.41, 5.74) is 1.34. The summed E-state index contributed by atoms with van der Waals surface area (Å²) in [4.78, 5) is 38.7. The van der Waals surface area contributed by atoms with Crippen LogP contribution in [0.4, 0.5) is 4.79 Å². The molecule has 0 bridgehead atoms. The Morgan fingerprint density at radius 2 is 1.94 bits per heavy atom. The Bertz CT molecular complexity index is 1000. The highest BCUT2D eigenvalue weighted by Crippen LogP contribution is 2.31. The van der Waals surface area contributed by atoms with E-state index < -0.39 is 0 Å². The number of ether oxygens (including phenoxy) is 2. The average Bonchev–Trinajstić information content (AvgIpc) is 3.42. The first kappa shape index (κ1) is 22.1. The molecule has 7 nitrogen and oxygen atoms in total. The van der Waals surface area contributed by atoms with Crippen LogP contribution >= 0.6 is 11.8 Å². The van der Waals surface area contributed by atoms with E-state index in [-0.39, 0.29) is 36.2 Å². The molecule has 2 heterocycles. The number of benzene rings is 2. The van der Waals surface area contributed by atoms with E-state index in [2.05, 4.69) is 5.32 Å². The monoisotopic (exact) mass is 452 g/mol. The van der Waals surface area contributed by atoms with Crippen molar-refractivity contribution in [1.82, 2.24) is 10.2 Å². The van der Waals surface area contributed by atoms with Gasteiger partial charge in [-0.05, 0) is 60.5 Å². The lowest BCUT2D eigenvalue weighted by Gasteiger charge is -2.13. The normalized spacial score (nSPS) is 19.6. The number of nitrogens with zero attached hydrogens (tertiary/aromatic N) is 1. The standard InChI is InChI=1S/C24H24N2O5S/c27-22(18-8-10-19(11-9-18)31-16-20-7-4-14-30-20)25-12-13-26-23(28)21(32-24(26)29)15-17-5-2-1-3-6-17/h1-3,5-6,8-11,15,20H,4,7,12-14,16H2,(H,25,27)/b21-15-. The molecule has 0 radical (unpaired) electrons. The van der Waals surface area contributed by atoms with Gasteiger partial charge in [0.25, 0.3) is 17.1 Å². The number of hydrogen-bond donors (Lipinski definition) is 1. The van der Waals surface area contributed by atoms with Crippen LogP contribution in [-0.4, -0.2) is 54.4 Å². The molecule has 0 aliphatic carbocycles. The Labute approximate surface area is 190 Å². The molecule has 0 saturated carbocycles. The SMILES string of the molecule is O=C(NCCN1C(=O)S/C(=C\c2ccccc2)C1=O)c1ccc(OCC2CCCO2)cc1. The number of amides is 3. The molecule has 1 unspecified atom stereocenters. The Morgan fingerprint density at radius 3 is 2.66 bits per heavy atom. The molecule has 0 spiro atoms. The van der Waals surface area contributed by atoms with E-state index in [4.69, 9.17) is 9.47 Å². The van der Waals surface area contributed by atoms with Crippen LogP contribution in [0.25, 0.3) is 6.08 Å². The van der Waals surface area contributed by atoms with Gasteiger partial charge in [0.2, 0.25) is 0 Å². The summed E-state index contributed by atoms with van der Waals surface area (Å²) in [6, 6.07) is 16.2. The zero-order chi connectivity index (χ0) is 22.3. The van der Waals surface area contributed by atoms with Crippen LogP contribution in [0.2, 0.25) is 0 Å². The van der Waals surface area contributed by atoms with E-state index in [0.717, 1.165) is 41.7 Å². The topological polar surface area (TPSA) is 84.9 Å². The second-order valence-electron chi connectivity index (χ2n) is 7.47. The molecule has 1 atom stereocenters. The molecule has 2 saturated heterocycles. The highest BCUT2D eigenvalue weighted by Gasteiger charge is 2.34. The molecule has 2 aliphatic rings. The molecule has 0 aromatic heterocycles. The van der Waals surface area contributed by atoms with Crippen molar-refractivity contribution in [2.45, 2.75) is 18.9 Å². The number of nitrogens with one attached hydrogen (secondary N) is 1. The van der Waals surface area contributed by atoms with Crippen molar-refractivity contribution in [2.75, 3.05) is 26.3 Å². The molecular weight excluding hydrogens is 428 g/mol. The zero-order valence-corrected chi connectivity index (χ0v) is 18.3. The quantitative estimate of drug-likeness (QED) is 0.615. The summed E-state index contributed by atoms with van der Waals surface area (Å²) in [6.07, 6.45) is 3.90. The van der Waals surface area contributed by atoms with Crippen LogP contribution in [-0.2, 0) is 9.53 Å². The third-order valence-corrected chi connectivity index (χ3v) is 6.08. The summed E-state index contributed by atoms with van der Waals surface area (Å²) < 4.78 is 11.2. The molecule has 8 heteroatoms. The average molecular weight is 453 g/mol. The molecule has 2 aliphatic heterocycles. The Kier molecular flexibility index (Phi) is 7.24. The first-order chi connectivity index (χ1) is 15.6. The third kappa shape index (κ3) is 5.57. The van der Waals surface area contributed by atoms with Gasteiger partial charge in [0.1, 0.15) is 12.4 Å². The number of carbonyl (C=O) groups excluding carboxylic acids is 3. The van der Waals surface area contributed by atoms with Crippen LogP contribution in [0.5, 0.6) is 5.75 Å². The summed E-state index contributed by atoms with van der Waals surface area (Å²) in [6.45, 7) is 1.57. The number of imide groups is 1. The molecule has 3 amide bonds. The summed E-state index contributed by atoms with van der Waals surface area (Å²) in [5.74, 6) is 0.0633. The van der Waals surface area contributed by atoms with Crippen molar-refractivity contribution in [3.63, 3.8) is 0 Å². The second kappa shape index (κ2) is 10.5. The minimum absolute atomic E-state index is 0.116. The lowest BCUT2D eigenvalue weighted by molar-refractivity contribution is -0.122. The van der Waals surface area contributed by atoms with Crippen LogP contribution in [0, 0.1) is 0 Å². The van der Waals surface area contributed by atoms with Crippen molar-refractivity contribution in [3.8, 4) is 5.75 Å². The van der Waals surface area contributed by atoms with Gasteiger partial charge in [-0.25, -0.2) is 0 Å². The summed E-state index contributed by atoms with van der Waals surface area (Å²) >= 11 is 0.910. The highest BCUT2D eigenvalue weighted by atomic mass is 32.2. The van der Waals surface area contributed by atoms with Gasteiger partial charge in [-0.2, -0.15) is 0 Å². The van der Waals surface area contributed by atoms with Gasteiger partial charge in [-0.15, -0.1) is 0 Å². The smallest absolute Gasteiger partial charge is 0.293 e. The lowest BCUT2D eigenvalue weighted by atomic mass is 10.2. The maximum atomic E-state index is 12.5. The molecule has 32 heavy (non-hydrogen) atoms. The van der Waals surface area contributed by atoms with Gasteiger partial charge >= 0.3 is 0 Å². The molecule has 2 aromatic carbocycles. The molecular formula is C24H24N2O5S. The summed E-state index contributed by atoms with van der Waals surface area (Å²) in [7, 11) is 0. The van der Waals surface area contributed by atoms with Crippen LogP contribution in [0.1, 0.15) is 28.8 Å². The van der Waals surface area contributed by atoms with Crippen LogP contribution in [0.15, 0.2) is 59.5 Å². The Morgan fingerprint density at radius 1 is 1.16 bits per heavy atom. The van der Waals surface area contributed by atoms with Gasteiger partial charge in [0.05, 0.1) is 11.0 Å². The van der Waals surface area contributed by atoms with Crippen LogP contribution < -0.4 is 10.1 Å². The van der Waals surface area contributed by atoms with E-state index in [1.807, 2.05) is 30.3 Å². The highest BCUT2D eigenvalue weighted by molar-refractivity contribution is 8.18. The fraction of sp³-hybridized carbons (Fsp3) is 0.292. The van der Waals surface area contributed by atoms with Crippen molar-refractivity contribution < 1.29 is 23.9 Å². The van der Waals surface area contributed by atoms with E-state index in [9.17, 15) is 14.4 Å². The lowest BCUT2D eigenvalue weighted by Crippen LogP contribution is -2.37. The molecule has 4 rings (SSSR count). The number of hydrogen-bond acceptors (Lipinski definition) is 6. The molecule has 2 fully saturated rings. The largest absolute Gasteiger partial charge is 0.491 e. The fourth-order valence-electron chi connectivity index (χ4n) is 3.44. The second-order valence-corrected chi connectivity index (χ2v) is 8.46. The first-order valence-corrected chi connectivity index (χ1v) is 11.3. The Balaban J connectivity index is 1.25. The predicted octanol–water partition coefficient (Wildman–Crippen LogP) is 3.71. The minimum Gasteiger partial charge on any atom is -0.491 e. The molecule has 166 valence electrons. The fourth-order valence-corrected chi connectivity index (χ4v) is 4.31. The number of rotatable bonds is 8. The van der Waals surface area contributed by atoms with Crippen molar-refractivity contribution in [3.05, 3.63) is 70.6 Å². The first-order valence-electron chi connectivity index (χ1n) is 10.5. The zero-order valence-electron chi connectivity index (χ0n) is 17.5. The summed E-state index contributed by atoms with van der Waals surface area (Å²) in [5, 5.41) is 2.42. The van der Waals surface area contributed by atoms with Crippen molar-refractivity contribution >= 4 is 34.9 Å². The third-order valence-electron chi connectivity index (χ3n) is 5.17. The molecule has 2 aromatic rings. The van der Waals surface area contributed by atoms with E-state index >= 15 is 0 Å². The van der Waals surface area contributed by atoms with E-state index in [1.54, 1.807) is 30.3 Å². The van der Waals surface area contributed by atoms with Gasteiger partial charge in [-0.3, -0.25) is 19.3 Å². The van der Waals surface area contributed by atoms with Gasteiger partial charge in [0.15, 0.2) is 0 Å². The van der Waals surface area contributed by atoms with Gasteiger partial charge < -0.3 is 14.8 Å². The molecule has 1 N–H and O–H groups in total. The van der Waals surface area contributed by atoms with Crippen molar-refractivity contribution in [1.29, 1.82) is 0 Å². The maximum Gasteiger partial charge on any atom is 0.293 e. The number of carbonyl (C=O) groups is 3. The maximum absolute atomic E-state index is 12.5. The van der Waals surface area contributed by atoms with Gasteiger partial charge in [0, 0.05) is 25.3 Å². The van der Waals surface area contributed by atoms with Crippen LogP contribution in [0.3, 0.4) is 0 Å². The Hall–Kier alpha value is -3.10. The number of thioether (sulfide) groups is 1. The van der Waals surface area contributed by atoms with E-state index in [1.165, 1.54) is 0 Å². The minimum atomic E-state index is -0.342. The van der Waals surface area contributed by atoms with Gasteiger partial charge in [-0.1, -0.05) is 30.3 Å². The predicted molar refractivity (Wildman–Crippen MR) is 122 cm³/mol. The van der Waals surface area contributed by atoms with E-state index in [0.29, 0.717) is 22.8 Å².